The zero-order valence-electron chi connectivity index (χ0n) is 22.4. The summed E-state index contributed by atoms with van der Waals surface area (Å²) < 4.78 is 14.3. The Bertz CT molecular complexity index is 1730. The third-order valence-electron chi connectivity index (χ3n) is 7.11. The highest BCUT2D eigenvalue weighted by molar-refractivity contribution is 7.13. The fourth-order valence-corrected chi connectivity index (χ4v) is 5.60. The Morgan fingerprint density at radius 3 is 2.74 bits per heavy atom. The van der Waals surface area contributed by atoms with Crippen LogP contribution in [-0.2, 0) is 22.7 Å². The average molecular weight is 602 g/mol. The number of anilines is 3. The number of urea groups is 1. The van der Waals surface area contributed by atoms with E-state index in [1.807, 2.05) is 0 Å². The van der Waals surface area contributed by atoms with E-state index in [1.165, 1.54) is 33.5 Å². The number of carbonyl (C=O) groups excluding carboxylic acids is 4. The fourth-order valence-electron chi connectivity index (χ4n) is 5.07. The quantitative estimate of drug-likeness (QED) is 0.238. The largest absolute Gasteiger partial charge is 0.508 e. The molecule has 218 valence electrons. The lowest BCUT2D eigenvalue weighted by Gasteiger charge is -2.27. The first-order chi connectivity index (χ1) is 20.8. The third kappa shape index (κ3) is 5.59. The highest BCUT2D eigenvalue weighted by Crippen LogP contribution is 2.38. The van der Waals surface area contributed by atoms with Gasteiger partial charge in [0, 0.05) is 42.3 Å². The van der Waals surface area contributed by atoms with Crippen LogP contribution in [-0.4, -0.2) is 50.3 Å². The molecule has 2 aromatic carbocycles. The van der Waals surface area contributed by atoms with E-state index in [0.29, 0.717) is 33.3 Å². The monoisotopic (exact) mass is 601 g/mol. The second kappa shape index (κ2) is 11.5. The standard InChI is InChI=1S/C29H24FN7O5S/c30-17-4-7-22(38)20(12-17)25(26(40)35-28-31-9-11-43-28)37-15-16-2-1-3-21(24(16)27(37)41)33-13-18-5-6-19(14-32-18)36-10-8-23(39)34-29(36)42/h1-7,9,11-12,14,25,33,38H,8,10,13,15H2,(H,31,35,40)(H,34,39,42). The van der Waals surface area contributed by atoms with Crippen LogP contribution in [0.1, 0.15) is 39.6 Å². The SMILES string of the molecule is O=C1CCN(c2ccc(CNc3cccc4c3C(=O)N(C(C(=O)Nc3nccs3)c3cc(F)ccc3O)C4)nc2)C(=O)N1. The smallest absolute Gasteiger partial charge is 0.328 e. The molecule has 14 heteroatoms. The minimum atomic E-state index is -1.34. The molecule has 5 amide bonds. The van der Waals surface area contributed by atoms with Gasteiger partial charge in [0.15, 0.2) is 5.13 Å². The number of imide groups is 1. The van der Waals surface area contributed by atoms with E-state index in [2.05, 4.69) is 25.9 Å². The highest BCUT2D eigenvalue weighted by atomic mass is 32.1. The van der Waals surface area contributed by atoms with Crippen molar-refractivity contribution in [1.82, 2.24) is 20.2 Å². The van der Waals surface area contributed by atoms with Gasteiger partial charge in [-0.3, -0.25) is 34.9 Å². The number of thiazole rings is 1. The zero-order valence-corrected chi connectivity index (χ0v) is 23.2. The van der Waals surface area contributed by atoms with Gasteiger partial charge in [-0.25, -0.2) is 14.2 Å². The number of aromatic nitrogens is 2. The van der Waals surface area contributed by atoms with Crippen LogP contribution in [0.4, 0.5) is 25.7 Å². The van der Waals surface area contributed by atoms with E-state index in [4.69, 9.17) is 0 Å². The zero-order chi connectivity index (χ0) is 30.1. The molecule has 0 spiro atoms. The van der Waals surface area contributed by atoms with Gasteiger partial charge < -0.3 is 15.3 Å². The van der Waals surface area contributed by atoms with Gasteiger partial charge >= 0.3 is 6.03 Å². The number of hydrogen-bond donors (Lipinski definition) is 4. The van der Waals surface area contributed by atoms with Crippen LogP contribution in [0, 0.1) is 5.82 Å². The molecule has 12 nitrogen and oxygen atoms in total. The summed E-state index contributed by atoms with van der Waals surface area (Å²) in [4.78, 5) is 62.1. The number of hydrogen-bond acceptors (Lipinski definition) is 9. The summed E-state index contributed by atoms with van der Waals surface area (Å²) in [5, 5.41) is 20.7. The minimum Gasteiger partial charge on any atom is -0.508 e. The second-order valence-corrected chi connectivity index (χ2v) is 10.7. The summed E-state index contributed by atoms with van der Waals surface area (Å²) in [6.45, 7) is 0.547. The Morgan fingerprint density at radius 2 is 2.00 bits per heavy atom. The van der Waals surface area contributed by atoms with Crippen LogP contribution >= 0.6 is 11.3 Å². The van der Waals surface area contributed by atoms with Gasteiger partial charge in [0.05, 0.1) is 29.7 Å². The number of phenols is 1. The van der Waals surface area contributed by atoms with Crippen LogP contribution in [0.5, 0.6) is 5.75 Å². The van der Waals surface area contributed by atoms with Crippen molar-refractivity contribution in [3.05, 3.63) is 94.5 Å². The molecular formula is C29H24FN7O5S. The number of pyridine rings is 1. The predicted octanol–water partition coefficient (Wildman–Crippen LogP) is 3.78. The number of benzene rings is 2. The Labute approximate surface area is 248 Å². The maximum absolute atomic E-state index is 14.3. The van der Waals surface area contributed by atoms with E-state index in [1.54, 1.807) is 35.7 Å². The summed E-state index contributed by atoms with van der Waals surface area (Å²) >= 11 is 1.18. The van der Waals surface area contributed by atoms with Crippen LogP contribution in [0.15, 0.2) is 66.3 Å². The van der Waals surface area contributed by atoms with Crippen molar-refractivity contribution in [1.29, 1.82) is 0 Å². The number of phenolic OH excluding ortho intramolecular Hbond substituents is 1. The molecule has 4 aromatic rings. The molecule has 0 radical (unpaired) electrons. The Kier molecular flexibility index (Phi) is 7.42. The molecule has 2 aliphatic heterocycles. The average Bonchev–Trinajstić information content (AvgIpc) is 3.62. The molecule has 0 bridgehead atoms. The maximum atomic E-state index is 14.3. The molecule has 0 aliphatic carbocycles. The van der Waals surface area contributed by atoms with Gasteiger partial charge in [0.2, 0.25) is 5.91 Å². The first-order valence-electron chi connectivity index (χ1n) is 13.2. The van der Waals surface area contributed by atoms with Gasteiger partial charge in [-0.1, -0.05) is 12.1 Å². The van der Waals surface area contributed by atoms with Gasteiger partial charge in [-0.05, 0) is 42.0 Å². The van der Waals surface area contributed by atoms with Crippen LogP contribution in [0.25, 0.3) is 0 Å². The van der Waals surface area contributed by atoms with E-state index < -0.39 is 29.7 Å². The molecule has 4 N–H and O–H groups in total. The van der Waals surface area contributed by atoms with E-state index in [-0.39, 0.29) is 43.3 Å². The van der Waals surface area contributed by atoms with Crippen LogP contribution in [0.3, 0.4) is 0 Å². The van der Waals surface area contributed by atoms with Crippen molar-refractivity contribution < 1.29 is 28.7 Å². The summed E-state index contributed by atoms with van der Waals surface area (Å²) in [6, 6.07) is 10.1. The summed E-state index contributed by atoms with van der Waals surface area (Å²) in [6.07, 6.45) is 3.25. The molecule has 4 heterocycles. The Hall–Kier alpha value is -5.37. The summed E-state index contributed by atoms with van der Waals surface area (Å²) in [5.74, 6) is -2.44. The molecule has 2 aliphatic rings. The molecule has 1 atom stereocenters. The van der Waals surface area contributed by atoms with Crippen molar-refractivity contribution in [2.75, 3.05) is 22.1 Å². The number of fused-ring (bicyclic) bond motifs is 1. The first-order valence-corrected chi connectivity index (χ1v) is 14.1. The van der Waals surface area contributed by atoms with Gasteiger partial charge in [0.25, 0.3) is 11.8 Å². The molecule has 43 heavy (non-hydrogen) atoms. The van der Waals surface area contributed by atoms with Crippen molar-refractivity contribution in [3.8, 4) is 5.75 Å². The topological polar surface area (TPSA) is 157 Å². The molecule has 1 unspecified atom stereocenters. The van der Waals surface area contributed by atoms with E-state index >= 15 is 0 Å². The molecule has 2 aromatic heterocycles. The lowest BCUT2D eigenvalue weighted by molar-refractivity contribution is -0.121. The number of amides is 5. The number of carbonyl (C=O) groups is 4. The number of nitrogens with one attached hydrogen (secondary N) is 3. The van der Waals surface area contributed by atoms with Crippen molar-refractivity contribution in [2.24, 2.45) is 0 Å². The van der Waals surface area contributed by atoms with Crippen molar-refractivity contribution in [2.45, 2.75) is 25.6 Å². The number of aromatic hydroxyl groups is 1. The number of rotatable bonds is 8. The lowest BCUT2D eigenvalue weighted by atomic mass is 10.0. The summed E-state index contributed by atoms with van der Waals surface area (Å²) in [7, 11) is 0. The minimum absolute atomic E-state index is 0.0446. The summed E-state index contributed by atoms with van der Waals surface area (Å²) in [5.41, 5.74) is 2.61. The molecule has 6 rings (SSSR count). The fraction of sp³-hybridized carbons (Fsp3) is 0.172. The van der Waals surface area contributed by atoms with E-state index in [0.717, 1.165) is 18.2 Å². The molecule has 1 fully saturated rings. The van der Waals surface area contributed by atoms with Crippen LogP contribution in [0.2, 0.25) is 0 Å². The first kappa shape index (κ1) is 27.8. The van der Waals surface area contributed by atoms with E-state index in [9.17, 15) is 28.7 Å². The van der Waals surface area contributed by atoms with Crippen molar-refractivity contribution in [3.63, 3.8) is 0 Å². The lowest BCUT2D eigenvalue weighted by Crippen LogP contribution is -2.49. The van der Waals surface area contributed by atoms with Gasteiger partial charge in [-0.2, -0.15) is 0 Å². The highest BCUT2D eigenvalue weighted by Gasteiger charge is 2.40. The van der Waals surface area contributed by atoms with Gasteiger partial charge in [0.1, 0.15) is 17.6 Å². The van der Waals surface area contributed by atoms with Crippen LogP contribution < -0.4 is 20.9 Å². The third-order valence-corrected chi connectivity index (χ3v) is 7.80. The Morgan fingerprint density at radius 1 is 1.14 bits per heavy atom. The molecular weight excluding hydrogens is 577 g/mol. The van der Waals surface area contributed by atoms with Gasteiger partial charge in [-0.15, -0.1) is 11.3 Å². The van der Waals surface area contributed by atoms with Crippen molar-refractivity contribution >= 4 is 51.6 Å². The number of halogens is 1. The normalized spacial score (nSPS) is 15.2. The Balaban J connectivity index is 1.22. The number of nitrogens with zero attached hydrogens (tertiary/aromatic N) is 4. The second-order valence-electron chi connectivity index (χ2n) is 9.82. The predicted molar refractivity (Wildman–Crippen MR) is 155 cm³/mol. The molecule has 1 saturated heterocycles. The maximum Gasteiger partial charge on any atom is 0.328 e. The molecule has 0 saturated carbocycles.